The predicted molar refractivity (Wildman–Crippen MR) is 67.5 cm³/mol. The first-order valence-electron chi connectivity index (χ1n) is 5.46. The smallest absolute Gasteiger partial charge is 0.235 e. The molecular weight excluding hydrogens is 210 g/mol. The largest absolute Gasteiger partial charge is 0.260 e. The Labute approximate surface area is 99.1 Å². The first kappa shape index (κ1) is 9.78. The van der Waals surface area contributed by atoms with Crippen LogP contribution in [-0.4, -0.2) is 4.98 Å². The summed E-state index contributed by atoms with van der Waals surface area (Å²) in [6.07, 6.45) is 1.84. The Morgan fingerprint density at radius 3 is 2.41 bits per heavy atom. The molecule has 0 radical (unpaired) electrons. The summed E-state index contributed by atoms with van der Waals surface area (Å²) in [5, 5.41) is 0. The molecule has 3 rings (SSSR count). The van der Waals surface area contributed by atoms with E-state index in [0.29, 0.717) is 0 Å². The third-order valence-electron chi connectivity index (χ3n) is 2.73. The molecule has 2 N–H and O–H groups in total. The number of nitrogen functional groups attached to an aromatic ring is 1. The molecule has 0 unspecified atom stereocenters. The Morgan fingerprint density at radius 2 is 1.59 bits per heavy atom. The summed E-state index contributed by atoms with van der Waals surface area (Å²) in [6, 6.07) is 17.9. The van der Waals surface area contributed by atoms with E-state index in [2.05, 4.69) is 4.98 Å². The van der Waals surface area contributed by atoms with E-state index < -0.39 is 0 Å². The van der Waals surface area contributed by atoms with E-state index in [1.807, 2.05) is 60.8 Å². The van der Waals surface area contributed by atoms with Gasteiger partial charge in [0.25, 0.3) is 5.52 Å². The minimum Gasteiger partial charge on any atom is -0.235 e. The number of nitrogens with two attached hydrogens (primary N) is 1. The van der Waals surface area contributed by atoms with Gasteiger partial charge >= 0.3 is 0 Å². The quantitative estimate of drug-likeness (QED) is 0.505. The standard InChI is InChI=1S/C14H12N3/c15-17-10-13(11-6-2-1-3-7-11)16-12-8-4-5-9-14(12)17/h1-10H,(H2,15,16)/q+1. The van der Waals surface area contributed by atoms with Crippen LogP contribution in [0.4, 0.5) is 0 Å². The molecule has 82 valence electrons. The normalized spacial score (nSPS) is 10.6. The number of benzene rings is 2. The van der Waals surface area contributed by atoms with Crippen molar-refractivity contribution in [1.82, 2.24) is 4.98 Å². The molecule has 0 aliphatic rings. The Balaban J connectivity index is 2.26. The monoisotopic (exact) mass is 222 g/mol. The lowest BCUT2D eigenvalue weighted by molar-refractivity contribution is -0.611. The van der Waals surface area contributed by atoms with Crippen LogP contribution in [0.5, 0.6) is 0 Å². The molecule has 0 aliphatic carbocycles. The van der Waals surface area contributed by atoms with Crippen LogP contribution in [0.3, 0.4) is 0 Å². The molecule has 0 amide bonds. The Hall–Kier alpha value is -2.42. The summed E-state index contributed by atoms with van der Waals surface area (Å²) in [5.74, 6) is 5.97. The maximum atomic E-state index is 5.97. The third-order valence-corrected chi connectivity index (χ3v) is 2.73. The average Bonchev–Trinajstić information content (AvgIpc) is 2.40. The van der Waals surface area contributed by atoms with Gasteiger partial charge in [0.05, 0.1) is 0 Å². The summed E-state index contributed by atoms with van der Waals surface area (Å²) in [5.41, 5.74) is 3.77. The fourth-order valence-electron chi connectivity index (χ4n) is 1.88. The molecule has 3 aromatic rings. The Bertz CT molecular complexity index is 663. The highest BCUT2D eigenvalue weighted by molar-refractivity contribution is 5.73. The van der Waals surface area contributed by atoms with Gasteiger partial charge in [-0.3, -0.25) is 0 Å². The number of nitrogens with zero attached hydrogens (tertiary/aromatic N) is 2. The predicted octanol–water partition coefficient (Wildman–Crippen LogP) is 1.90. The summed E-state index contributed by atoms with van der Waals surface area (Å²) >= 11 is 0. The molecule has 0 saturated heterocycles. The summed E-state index contributed by atoms with van der Waals surface area (Å²) < 4.78 is 1.62. The van der Waals surface area contributed by atoms with Crippen LogP contribution < -0.4 is 10.5 Å². The molecule has 1 heterocycles. The van der Waals surface area contributed by atoms with Crippen LogP contribution in [0.15, 0.2) is 60.8 Å². The van der Waals surface area contributed by atoms with Gasteiger partial charge in [0.2, 0.25) is 6.20 Å². The van der Waals surface area contributed by atoms with Crippen molar-refractivity contribution in [2.45, 2.75) is 0 Å². The van der Waals surface area contributed by atoms with Crippen LogP contribution in [0.25, 0.3) is 22.3 Å². The van der Waals surface area contributed by atoms with Gasteiger partial charge in [-0.1, -0.05) is 47.1 Å². The highest BCUT2D eigenvalue weighted by Crippen LogP contribution is 2.16. The number of hydrogen-bond donors (Lipinski definition) is 1. The Kier molecular flexibility index (Phi) is 2.22. The van der Waals surface area contributed by atoms with Crippen LogP contribution in [0.1, 0.15) is 0 Å². The van der Waals surface area contributed by atoms with Gasteiger partial charge in [0.15, 0.2) is 0 Å². The van der Waals surface area contributed by atoms with Gasteiger partial charge in [-0.2, -0.15) is 0 Å². The fourth-order valence-corrected chi connectivity index (χ4v) is 1.88. The van der Waals surface area contributed by atoms with E-state index in [0.717, 1.165) is 22.3 Å². The maximum absolute atomic E-state index is 5.97. The minimum absolute atomic E-state index is 0.881. The van der Waals surface area contributed by atoms with E-state index in [9.17, 15) is 0 Å². The molecule has 0 atom stereocenters. The van der Waals surface area contributed by atoms with E-state index in [1.165, 1.54) is 0 Å². The lowest BCUT2D eigenvalue weighted by Gasteiger charge is -2.00. The van der Waals surface area contributed by atoms with Crippen molar-refractivity contribution in [3.8, 4) is 11.3 Å². The van der Waals surface area contributed by atoms with Crippen molar-refractivity contribution in [2.75, 3.05) is 5.84 Å². The molecule has 0 saturated carbocycles. The number of aromatic nitrogens is 2. The van der Waals surface area contributed by atoms with Crippen LogP contribution in [-0.2, 0) is 0 Å². The first-order valence-corrected chi connectivity index (χ1v) is 5.46. The summed E-state index contributed by atoms with van der Waals surface area (Å²) in [6.45, 7) is 0. The number of rotatable bonds is 1. The molecule has 17 heavy (non-hydrogen) atoms. The fraction of sp³-hybridized carbons (Fsp3) is 0. The molecule has 0 fully saturated rings. The van der Waals surface area contributed by atoms with E-state index >= 15 is 0 Å². The second-order valence-electron chi connectivity index (χ2n) is 3.89. The lowest BCUT2D eigenvalue weighted by Crippen LogP contribution is -2.45. The van der Waals surface area contributed by atoms with Gasteiger partial charge in [0.1, 0.15) is 11.2 Å². The maximum Gasteiger partial charge on any atom is 0.260 e. The van der Waals surface area contributed by atoms with E-state index in [1.54, 1.807) is 4.68 Å². The minimum atomic E-state index is 0.881. The first-order chi connectivity index (χ1) is 8.34. The Morgan fingerprint density at radius 1 is 0.882 bits per heavy atom. The van der Waals surface area contributed by atoms with Crippen molar-refractivity contribution >= 4 is 11.0 Å². The lowest BCUT2D eigenvalue weighted by atomic mass is 10.1. The van der Waals surface area contributed by atoms with Crippen LogP contribution in [0, 0.1) is 0 Å². The van der Waals surface area contributed by atoms with Gasteiger partial charge in [-0.05, 0) is 6.07 Å². The number of hydrogen-bond acceptors (Lipinski definition) is 2. The molecule has 0 aliphatic heterocycles. The van der Waals surface area contributed by atoms with Crippen molar-refractivity contribution < 1.29 is 4.68 Å². The average molecular weight is 222 g/mol. The molecule has 1 aromatic heterocycles. The van der Waals surface area contributed by atoms with Gasteiger partial charge in [-0.25, -0.2) is 10.8 Å². The highest BCUT2D eigenvalue weighted by Gasteiger charge is 2.10. The highest BCUT2D eigenvalue weighted by atomic mass is 15.3. The zero-order valence-electron chi connectivity index (χ0n) is 9.25. The van der Waals surface area contributed by atoms with Crippen LogP contribution in [0.2, 0.25) is 0 Å². The number of fused-ring (bicyclic) bond motifs is 1. The summed E-state index contributed by atoms with van der Waals surface area (Å²) in [4.78, 5) is 4.61. The van der Waals surface area contributed by atoms with Crippen molar-refractivity contribution in [3.05, 3.63) is 60.8 Å². The SMILES string of the molecule is N[n+]1cc(-c2ccccc2)nc2ccccc21. The zero-order chi connectivity index (χ0) is 11.7. The topological polar surface area (TPSA) is 42.8 Å². The molecule has 0 bridgehead atoms. The van der Waals surface area contributed by atoms with Gasteiger partial charge in [0, 0.05) is 11.6 Å². The van der Waals surface area contributed by atoms with Gasteiger partial charge < -0.3 is 0 Å². The van der Waals surface area contributed by atoms with Crippen molar-refractivity contribution in [1.29, 1.82) is 0 Å². The van der Waals surface area contributed by atoms with Gasteiger partial charge in [-0.15, -0.1) is 0 Å². The number of para-hydroxylation sites is 2. The van der Waals surface area contributed by atoms with Crippen LogP contribution >= 0.6 is 0 Å². The molecule has 0 spiro atoms. The third kappa shape index (κ3) is 1.72. The zero-order valence-corrected chi connectivity index (χ0v) is 9.25. The second kappa shape index (κ2) is 3.87. The van der Waals surface area contributed by atoms with E-state index in [4.69, 9.17) is 5.84 Å². The molecule has 2 aromatic carbocycles. The second-order valence-corrected chi connectivity index (χ2v) is 3.89. The van der Waals surface area contributed by atoms with E-state index in [-0.39, 0.29) is 0 Å². The molecule has 3 heteroatoms. The summed E-state index contributed by atoms with van der Waals surface area (Å²) in [7, 11) is 0. The molecular formula is C14H12N3+. The van der Waals surface area contributed by atoms with Crippen molar-refractivity contribution in [2.24, 2.45) is 0 Å². The van der Waals surface area contributed by atoms with Crippen molar-refractivity contribution in [3.63, 3.8) is 0 Å². The molecule has 3 nitrogen and oxygen atoms in total.